The zero-order valence-corrected chi connectivity index (χ0v) is 8.58. The molecule has 1 rings (SSSR count). The molecule has 13 heavy (non-hydrogen) atoms. The number of carbonyl (C=O) groups is 1. The fraction of sp³-hybridized carbons (Fsp3) is 0.667. The van der Waals surface area contributed by atoms with Crippen molar-refractivity contribution in [2.75, 3.05) is 11.5 Å². The Kier molecular flexibility index (Phi) is 3.01. The predicted molar refractivity (Wildman–Crippen MR) is 51.5 cm³/mol. The molecule has 0 spiro atoms. The van der Waals surface area contributed by atoms with Gasteiger partial charge in [-0.15, -0.1) is 0 Å². The molecule has 0 aromatic rings. The molecule has 0 unspecified atom stereocenters. The number of rotatable bonds is 1. The molecule has 1 aliphatic heterocycles. The smallest absolute Gasteiger partial charge is 0.364 e. The summed E-state index contributed by atoms with van der Waals surface area (Å²) in [6.07, 6.45) is 0.841. The molecule has 0 aliphatic carbocycles. The van der Waals surface area contributed by atoms with Crippen molar-refractivity contribution < 1.29 is 14.3 Å². The van der Waals surface area contributed by atoms with E-state index in [0.717, 1.165) is 12.2 Å². The maximum atomic E-state index is 13.2. The highest BCUT2D eigenvalue weighted by molar-refractivity contribution is 7.99. The van der Waals surface area contributed by atoms with E-state index in [1.165, 1.54) is 0 Å². The van der Waals surface area contributed by atoms with Gasteiger partial charge in [0.05, 0.1) is 0 Å². The first-order valence-electron chi connectivity index (χ1n) is 4.15. The van der Waals surface area contributed by atoms with Crippen LogP contribution in [0.25, 0.3) is 0 Å². The highest BCUT2D eigenvalue weighted by atomic mass is 32.2. The second-order valence-corrected chi connectivity index (χ2v) is 4.89. The Labute approximate surface area is 81.2 Å². The minimum atomic E-state index is -1.44. The molecular formula is C9H13FO2S. The summed E-state index contributed by atoms with van der Waals surface area (Å²) >= 11 is 1.59. The van der Waals surface area contributed by atoms with Gasteiger partial charge in [0.25, 0.3) is 0 Å². The van der Waals surface area contributed by atoms with Crippen LogP contribution in [0.4, 0.5) is 4.39 Å². The maximum absolute atomic E-state index is 13.2. The molecule has 1 fully saturated rings. The Morgan fingerprint density at radius 2 is 2.23 bits per heavy atom. The molecule has 0 atom stereocenters. The van der Waals surface area contributed by atoms with Gasteiger partial charge in [0.15, 0.2) is 0 Å². The Morgan fingerprint density at radius 3 is 2.69 bits per heavy atom. The minimum Gasteiger partial charge on any atom is -0.476 e. The summed E-state index contributed by atoms with van der Waals surface area (Å²) in [6, 6.07) is 0. The molecule has 1 heterocycles. The number of hydrogen-bond acceptors (Lipinski definition) is 2. The maximum Gasteiger partial charge on any atom is 0.364 e. The molecule has 1 aliphatic rings. The van der Waals surface area contributed by atoms with Gasteiger partial charge in [-0.2, -0.15) is 16.2 Å². The second kappa shape index (κ2) is 3.70. The summed E-state index contributed by atoms with van der Waals surface area (Å²) in [4.78, 5) is 10.4. The van der Waals surface area contributed by atoms with Crippen LogP contribution < -0.4 is 0 Å². The first kappa shape index (κ1) is 10.6. The molecule has 0 bridgehead atoms. The monoisotopic (exact) mass is 204 g/mol. The molecule has 2 nitrogen and oxygen atoms in total. The van der Waals surface area contributed by atoms with Crippen LogP contribution in [0.15, 0.2) is 11.4 Å². The van der Waals surface area contributed by atoms with Crippen LogP contribution in [0, 0.1) is 5.41 Å². The van der Waals surface area contributed by atoms with Gasteiger partial charge in [-0.25, -0.2) is 4.79 Å². The largest absolute Gasteiger partial charge is 0.476 e. The first-order chi connectivity index (χ1) is 5.95. The molecule has 74 valence electrons. The summed E-state index contributed by atoms with van der Waals surface area (Å²) in [7, 11) is 0. The van der Waals surface area contributed by atoms with Crippen LogP contribution in [0.5, 0.6) is 0 Å². The summed E-state index contributed by atoms with van der Waals surface area (Å²) in [6.45, 7) is 3.79. The Morgan fingerprint density at radius 1 is 1.62 bits per heavy atom. The molecule has 0 amide bonds. The summed E-state index contributed by atoms with van der Waals surface area (Å²) < 4.78 is 13.2. The third-order valence-electron chi connectivity index (χ3n) is 2.39. The number of thioether (sulfide) groups is 1. The average molecular weight is 204 g/mol. The fourth-order valence-corrected chi connectivity index (χ4v) is 2.86. The van der Waals surface area contributed by atoms with E-state index >= 15 is 0 Å². The van der Waals surface area contributed by atoms with Crippen molar-refractivity contribution in [2.24, 2.45) is 5.41 Å². The van der Waals surface area contributed by atoms with Gasteiger partial charge >= 0.3 is 5.97 Å². The van der Waals surface area contributed by atoms with Crippen LogP contribution in [-0.4, -0.2) is 22.6 Å². The van der Waals surface area contributed by atoms with E-state index in [0.29, 0.717) is 11.3 Å². The summed E-state index contributed by atoms with van der Waals surface area (Å²) in [5, 5.41) is 8.52. The molecule has 0 aromatic carbocycles. The molecule has 4 heteroatoms. The van der Waals surface area contributed by atoms with Gasteiger partial charge in [-0.1, -0.05) is 13.8 Å². The van der Waals surface area contributed by atoms with Crippen LogP contribution in [0.1, 0.15) is 20.3 Å². The van der Waals surface area contributed by atoms with Crippen molar-refractivity contribution in [3.05, 3.63) is 11.4 Å². The molecule has 0 aromatic heterocycles. The Balaban J connectivity index is 3.00. The van der Waals surface area contributed by atoms with Crippen LogP contribution in [0.3, 0.4) is 0 Å². The van der Waals surface area contributed by atoms with Crippen molar-refractivity contribution in [1.29, 1.82) is 0 Å². The van der Waals surface area contributed by atoms with Crippen molar-refractivity contribution in [3.63, 3.8) is 0 Å². The quantitative estimate of drug-likeness (QED) is 0.667. The Bertz CT molecular complexity index is 258. The van der Waals surface area contributed by atoms with Gasteiger partial charge in [0, 0.05) is 5.75 Å². The van der Waals surface area contributed by atoms with Crippen LogP contribution >= 0.6 is 11.8 Å². The highest BCUT2D eigenvalue weighted by Gasteiger charge is 2.31. The van der Waals surface area contributed by atoms with Crippen molar-refractivity contribution in [2.45, 2.75) is 20.3 Å². The van der Waals surface area contributed by atoms with Gasteiger partial charge in [-0.05, 0) is 23.2 Å². The lowest BCUT2D eigenvalue weighted by atomic mass is 9.81. The number of carboxylic acid groups (broad SMARTS) is 1. The van der Waals surface area contributed by atoms with Crippen LogP contribution in [-0.2, 0) is 4.79 Å². The third kappa shape index (κ3) is 2.24. The molecule has 1 saturated heterocycles. The van der Waals surface area contributed by atoms with E-state index in [-0.39, 0.29) is 5.41 Å². The lowest BCUT2D eigenvalue weighted by Crippen LogP contribution is -2.24. The lowest BCUT2D eigenvalue weighted by molar-refractivity contribution is -0.134. The second-order valence-electron chi connectivity index (χ2n) is 3.78. The number of aliphatic carboxylic acids is 1. The van der Waals surface area contributed by atoms with Gasteiger partial charge in [-0.3, -0.25) is 0 Å². The predicted octanol–water partition coefficient (Wildman–Crippen LogP) is 2.46. The zero-order chi connectivity index (χ0) is 10.1. The number of halogens is 1. The van der Waals surface area contributed by atoms with Crippen LogP contribution in [0.2, 0.25) is 0 Å². The molecular weight excluding hydrogens is 191 g/mol. The molecule has 0 saturated carbocycles. The van der Waals surface area contributed by atoms with E-state index in [9.17, 15) is 9.18 Å². The standard InChI is InChI=1S/C9H13FO2S/c1-9(2)3-4-13-5-6(9)7(10)8(11)12/h3-5H2,1-2H3,(H,11,12). The average Bonchev–Trinajstić information content (AvgIpc) is 2.02. The van der Waals surface area contributed by atoms with Crippen molar-refractivity contribution >= 4 is 17.7 Å². The van der Waals surface area contributed by atoms with Gasteiger partial charge in [0.2, 0.25) is 5.83 Å². The summed E-state index contributed by atoms with van der Waals surface area (Å²) in [5.74, 6) is -0.920. The van der Waals surface area contributed by atoms with Gasteiger partial charge in [0.1, 0.15) is 0 Å². The van der Waals surface area contributed by atoms with E-state index in [1.807, 2.05) is 13.8 Å². The minimum absolute atomic E-state index is 0.298. The fourth-order valence-electron chi connectivity index (χ4n) is 1.34. The van der Waals surface area contributed by atoms with Crippen molar-refractivity contribution in [3.8, 4) is 0 Å². The van der Waals surface area contributed by atoms with E-state index in [1.54, 1.807) is 11.8 Å². The summed E-state index contributed by atoms with van der Waals surface area (Å²) in [5.41, 5.74) is 0.143. The number of carboxylic acids is 1. The first-order valence-corrected chi connectivity index (χ1v) is 5.31. The molecule has 0 radical (unpaired) electrons. The number of hydrogen-bond donors (Lipinski definition) is 1. The molecule has 1 N–H and O–H groups in total. The third-order valence-corrected chi connectivity index (χ3v) is 3.37. The Hall–Kier alpha value is -0.510. The zero-order valence-electron chi connectivity index (χ0n) is 7.76. The topological polar surface area (TPSA) is 37.3 Å². The SMILES string of the molecule is CC1(C)CCSCC1=C(F)C(=O)O. The lowest BCUT2D eigenvalue weighted by Gasteiger charge is -2.32. The van der Waals surface area contributed by atoms with E-state index < -0.39 is 11.8 Å². The van der Waals surface area contributed by atoms with E-state index in [2.05, 4.69) is 0 Å². The highest BCUT2D eigenvalue weighted by Crippen LogP contribution is 2.40. The van der Waals surface area contributed by atoms with Gasteiger partial charge < -0.3 is 5.11 Å². The normalized spacial score (nSPS) is 25.5. The van der Waals surface area contributed by atoms with Crippen molar-refractivity contribution in [1.82, 2.24) is 0 Å². The van der Waals surface area contributed by atoms with E-state index in [4.69, 9.17) is 5.11 Å².